The molecule has 3 aromatic rings. The smallest absolute Gasteiger partial charge is 0.280 e. The van der Waals surface area contributed by atoms with E-state index in [9.17, 15) is 13.6 Å². The number of nitrogens with zero attached hydrogens (tertiary/aromatic N) is 3. The third kappa shape index (κ3) is 2.90. The van der Waals surface area contributed by atoms with Crippen LogP contribution in [0.25, 0.3) is 5.65 Å². The first kappa shape index (κ1) is 15.1. The van der Waals surface area contributed by atoms with Crippen molar-refractivity contribution in [3.05, 3.63) is 59.0 Å². The molecule has 1 N–H and O–H groups in total. The van der Waals surface area contributed by atoms with Crippen molar-refractivity contribution >= 4 is 17.2 Å². The van der Waals surface area contributed by atoms with Gasteiger partial charge < -0.3 is 5.32 Å². The molecule has 0 bridgehead atoms. The van der Waals surface area contributed by atoms with Gasteiger partial charge in [0, 0.05) is 11.4 Å². The van der Waals surface area contributed by atoms with Gasteiger partial charge in [0.05, 0.1) is 6.20 Å². The molecule has 0 atom stereocenters. The van der Waals surface area contributed by atoms with Crippen LogP contribution in [0.4, 0.5) is 14.5 Å². The summed E-state index contributed by atoms with van der Waals surface area (Å²) in [5.41, 5.74) is 2.06. The molecule has 2 heterocycles. The maximum absolute atomic E-state index is 13.1. The summed E-state index contributed by atoms with van der Waals surface area (Å²) in [5.74, 6) is -0.442. The molecule has 0 saturated carbocycles. The number of carbonyl (C=O) groups is 1. The molecule has 0 radical (unpaired) electrons. The fourth-order valence-corrected chi connectivity index (χ4v) is 2.26. The molecule has 5 nitrogen and oxygen atoms in total. The predicted octanol–water partition coefficient (Wildman–Crippen LogP) is 3.54. The summed E-state index contributed by atoms with van der Waals surface area (Å²) in [4.78, 5) is 16.5. The Bertz CT molecular complexity index is 872. The molecule has 0 unspecified atom stereocenters. The van der Waals surface area contributed by atoms with Crippen LogP contribution in [0.15, 0.2) is 36.5 Å². The van der Waals surface area contributed by atoms with Crippen molar-refractivity contribution in [3.63, 3.8) is 0 Å². The molecule has 0 saturated heterocycles. The predicted molar refractivity (Wildman–Crippen MR) is 81.8 cm³/mol. The summed E-state index contributed by atoms with van der Waals surface area (Å²) < 4.78 is 27.2. The first-order valence-corrected chi connectivity index (χ1v) is 6.97. The Morgan fingerprint density at radius 2 is 1.91 bits per heavy atom. The van der Waals surface area contributed by atoms with E-state index in [0.29, 0.717) is 11.4 Å². The van der Waals surface area contributed by atoms with Gasteiger partial charge in [0.1, 0.15) is 11.3 Å². The number of benzene rings is 1. The molecule has 7 heteroatoms. The van der Waals surface area contributed by atoms with Gasteiger partial charge in [-0.05, 0) is 32.0 Å². The topological polar surface area (TPSA) is 59.3 Å². The van der Waals surface area contributed by atoms with Crippen molar-refractivity contribution in [1.82, 2.24) is 14.6 Å². The quantitative estimate of drug-likeness (QED) is 0.804. The van der Waals surface area contributed by atoms with Crippen LogP contribution in [0.3, 0.4) is 0 Å². The number of nitrogens with one attached hydrogen (secondary N) is 1. The first-order valence-electron chi connectivity index (χ1n) is 6.97. The molecular weight excluding hydrogens is 302 g/mol. The molecule has 1 aromatic carbocycles. The zero-order chi connectivity index (χ0) is 16.6. The lowest BCUT2D eigenvalue weighted by molar-refractivity contribution is 0.102. The van der Waals surface area contributed by atoms with E-state index in [2.05, 4.69) is 15.4 Å². The summed E-state index contributed by atoms with van der Waals surface area (Å²) in [7, 11) is 0. The van der Waals surface area contributed by atoms with Crippen LogP contribution in [0.2, 0.25) is 0 Å². The van der Waals surface area contributed by atoms with Crippen LogP contribution in [-0.4, -0.2) is 20.5 Å². The molecular formula is C16H14F2N4O. The maximum Gasteiger partial charge on any atom is 0.280 e. The standard InChI is InChI=1S/C16H14F2N4O/c1-9-3-5-11(6-4-9)21-16(23)12-8-19-22-13(14(17)18)7-10(2)20-15(12)22/h3-8,14H,1-2H3,(H,21,23). The van der Waals surface area contributed by atoms with Gasteiger partial charge in [-0.25, -0.2) is 18.3 Å². The summed E-state index contributed by atoms with van der Waals surface area (Å²) in [6.45, 7) is 3.54. The van der Waals surface area contributed by atoms with Crippen molar-refractivity contribution < 1.29 is 13.6 Å². The molecule has 2 aromatic heterocycles. The summed E-state index contributed by atoms with van der Waals surface area (Å²) in [5, 5.41) is 6.58. The van der Waals surface area contributed by atoms with Crippen molar-refractivity contribution in [2.75, 3.05) is 5.32 Å². The van der Waals surface area contributed by atoms with Crippen molar-refractivity contribution in [3.8, 4) is 0 Å². The zero-order valence-electron chi connectivity index (χ0n) is 12.5. The average molecular weight is 316 g/mol. The molecule has 3 rings (SSSR count). The lowest BCUT2D eigenvalue weighted by atomic mass is 10.2. The van der Waals surface area contributed by atoms with E-state index in [1.165, 1.54) is 12.3 Å². The monoisotopic (exact) mass is 316 g/mol. The highest BCUT2D eigenvalue weighted by atomic mass is 19.3. The highest BCUT2D eigenvalue weighted by molar-refractivity contribution is 6.08. The number of hydrogen-bond donors (Lipinski definition) is 1. The SMILES string of the molecule is Cc1ccc(NC(=O)c2cnn3c(C(F)F)cc(C)nc23)cc1. The van der Waals surface area contributed by atoms with Crippen LogP contribution in [0.1, 0.15) is 33.7 Å². The minimum Gasteiger partial charge on any atom is -0.322 e. The number of halogens is 2. The van der Waals surface area contributed by atoms with Crippen LogP contribution < -0.4 is 5.32 Å². The Labute approximate surface area is 131 Å². The molecule has 0 aliphatic heterocycles. The van der Waals surface area contributed by atoms with E-state index >= 15 is 0 Å². The van der Waals surface area contributed by atoms with Gasteiger partial charge in [0.2, 0.25) is 0 Å². The van der Waals surface area contributed by atoms with Gasteiger partial charge in [-0.15, -0.1) is 0 Å². The minimum absolute atomic E-state index is 0.116. The van der Waals surface area contributed by atoms with Crippen LogP contribution >= 0.6 is 0 Å². The van der Waals surface area contributed by atoms with Crippen LogP contribution in [-0.2, 0) is 0 Å². The lowest BCUT2D eigenvalue weighted by Crippen LogP contribution is -2.12. The Balaban J connectivity index is 1.99. The fourth-order valence-electron chi connectivity index (χ4n) is 2.26. The largest absolute Gasteiger partial charge is 0.322 e. The molecule has 0 aliphatic carbocycles. The highest BCUT2D eigenvalue weighted by Gasteiger charge is 2.20. The number of aryl methyl sites for hydroxylation is 2. The van der Waals surface area contributed by atoms with Gasteiger partial charge in [-0.1, -0.05) is 17.7 Å². The van der Waals surface area contributed by atoms with E-state index < -0.39 is 12.3 Å². The van der Waals surface area contributed by atoms with E-state index in [0.717, 1.165) is 10.1 Å². The zero-order valence-corrected chi connectivity index (χ0v) is 12.5. The highest BCUT2D eigenvalue weighted by Crippen LogP contribution is 2.22. The van der Waals surface area contributed by atoms with E-state index in [1.54, 1.807) is 19.1 Å². The Hall–Kier alpha value is -2.83. The second-order valence-electron chi connectivity index (χ2n) is 5.24. The van der Waals surface area contributed by atoms with Crippen LogP contribution in [0.5, 0.6) is 0 Å². The number of rotatable bonds is 3. The number of alkyl halides is 2. The molecule has 0 fully saturated rings. The van der Waals surface area contributed by atoms with Gasteiger partial charge >= 0.3 is 0 Å². The second kappa shape index (κ2) is 5.75. The average Bonchev–Trinajstić information content (AvgIpc) is 2.92. The molecule has 1 amide bonds. The van der Waals surface area contributed by atoms with Crippen LogP contribution in [0, 0.1) is 13.8 Å². The second-order valence-corrected chi connectivity index (χ2v) is 5.24. The number of amides is 1. The molecule has 0 spiro atoms. The molecule has 23 heavy (non-hydrogen) atoms. The van der Waals surface area contributed by atoms with Gasteiger partial charge in [-0.2, -0.15) is 5.10 Å². The van der Waals surface area contributed by atoms with Gasteiger partial charge in [0.25, 0.3) is 12.3 Å². The van der Waals surface area contributed by atoms with E-state index in [4.69, 9.17) is 0 Å². The summed E-state index contributed by atoms with van der Waals surface area (Å²) >= 11 is 0. The van der Waals surface area contributed by atoms with E-state index in [-0.39, 0.29) is 16.9 Å². The van der Waals surface area contributed by atoms with Crippen molar-refractivity contribution in [2.45, 2.75) is 20.3 Å². The van der Waals surface area contributed by atoms with Crippen molar-refractivity contribution in [2.24, 2.45) is 0 Å². The summed E-state index contributed by atoms with van der Waals surface area (Å²) in [6.07, 6.45) is -1.45. The Morgan fingerprint density at radius 1 is 1.22 bits per heavy atom. The Kier molecular flexibility index (Phi) is 3.77. The third-order valence-electron chi connectivity index (χ3n) is 3.41. The van der Waals surface area contributed by atoms with Crippen molar-refractivity contribution in [1.29, 1.82) is 0 Å². The third-order valence-corrected chi connectivity index (χ3v) is 3.41. The number of fused-ring (bicyclic) bond motifs is 1. The van der Waals surface area contributed by atoms with E-state index in [1.807, 2.05) is 19.1 Å². The number of carbonyl (C=O) groups excluding carboxylic acids is 1. The molecule has 118 valence electrons. The minimum atomic E-state index is -2.70. The van der Waals surface area contributed by atoms with Gasteiger partial charge in [-0.3, -0.25) is 4.79 Å². The summed E-state index contributed by atoms with van der Waals surface area (Å²) in [6, 6.07) is 8.52. The van der Waals surface area contributed by atoms with Gasteiger partial charge in [0.15, 0.2) is 5.65 Å². The lowest BCUT2D eigenvalue weighted by Gasteiger charge is -2.06. The fraction of sp³-hybridized carbons (Fsp3) is 0.188. The first-order chi connectivity index (χ1) is 11.0. The maximum atomic E-state index is 13.1. The Morgan fingerprint density at radius 3 is 2.57 bits per heavy atom. The molecule has 0 aliphatic rings. The number of hydrogen-bond acceptors (Lipinski definition) is 3. The number of aromatic nitrogens is 3. The normalized spacial score (nSPS) is 11.2. The number of anilines is 1.